The summed E-state index contributed by atoms with van der Waals surface area (Å²) in [5.41, 5.74) is 6.33. The molecule has 5 heteroatoms. The van der Waals surface area contributed by atoms with Crippen molar-refractivity contribution in [2.75, 3.05) is 27.3 Å². The summed E-state index contributed by atoms with van der Waals surface area (Å²) in [6, 6.07) is 4.66. The van der Waals surface area contributed by atoms with Gasteiger partial charge in [0.05, 0.1) is 0 Å². The Morgan fingerprint density at radius 1 is 1.50 bits per heavy atom. The molecule has 100 valence electrons. The van der Waals surface area contributed by atoms with Crippen LogP contribution in [0.4, 0.5) is 4.39 Å². The molecule has 0 aromatic heterocycles. The molecule has 0 spiro atoms. The second-order valence-electron chi connectivity index (χ2n) is 4.30. The first-order valence-corrected chi connectivity index (χ1v) is 5.85. The first-order valence-electron chi connectivity index (χ1n) is 5.85. The molecule has 0 amide bonds. The molecule has 0 radical (unpaired) electrons. The minimum Gasteiger partial charge on any atom is -0.385 e. The second-order valence-corrected chi connectivity index (χ2v) is 4.30. The molecule has 0 saturated carbocycles. The zero-order chi connectivity index (χ0) is 13.5. The number of nitrogen functional groups attached to an aromatic ring is 1. The van der Waals surface area contributed by atoms with Gasteiger partial charge in [-0.2, -0.15) is 0 Å². The third-order valence-electron chi connectivity index (χ3n) is 2.69. The highest BCUT2D eigenvalue weighted by molar-refractivity contribution is 5.94. The van der Waals surface area contributed by atoms with Crippen LogP contribution in [0.2, 0.25) is 0 Å². The number of amidine groups is 1. The molecule has 0 fully saturated rings. The number of nitrogens with two attached hydrogens (primary N) is 1. The van der Waals surface area contributed by atoms with Crippen LogP contribution in [0.1, 0.15) is 17.5 Å². The maximum absolute atomic E-state index is 13.8. The molecule has 0 aliphatic rings. The summed E-state index contributed by atoms with van der Waals surface area (Å²) in [6.45, 7) is 2.09. The van der Waals surface area contributed by atoms with Gasteiger partial charge in [-0.15, -0.1) is 0 Å². The van der Waals surface area contributed by atoms with E-state index < -0.39 is 0 Å². The molecule has 0 atom stereocenters. The normalized spacial score (nSPS) is 10.9. The van der Waals surface area contributed by atoms with Gasteiger partial charge < -0.3 is 15.4 Å². The van der Waals surface area contributed by atoms with E-state index in [4.69, 9.17) is 15.9 Å². The molecule has 0 unspecified atom stereocenters. The van der Waals surface area contributed by atoms with Crippen LogP contribution < -0.4 is 5.73 Å². The molecule has 4 nitrogen and oxygen atoms in total. The fourth-order valence-corrected chi connectivity index (χ4v) is 1.69. The lowest BCUT2D eigenvalue weighted by Gasteiger charge is -2.17. The van der Waals surface area contributed by atoms with E-state index in [0.29, 0.717) is 24.3 Å². The Kier molecular flexibility index (Phi) is 5.74. The topological polar surface area (TPSA) is 62.3 Å². The predicted octanol–water partition coefficient (Wildman–Crippen LogP) is 1.58. The summed E-state index contributed by atoms with van der Waals surface area (Å²) in [5, 5.41) is 7.24. The molecule has 1 rings (SSSR count). The summed E-state index contributed by atoms with van der Waals surface area (Å²) in [7, 11) is 3.61. The lowest BCUT2D eigenvalue weighted by Crippen LogP contribution is -2.21. The number of hydrogen-bond donors (Lipinski definition) is 2. The van der Waals surface area contributed by atoms with Crippen LogP contribution in [0.15, 0.2) is 18.2 Å². The van der Waals surface area contributed by atoms with Gasteiger partial charge in [-0.05, 0) is 19.5 Å². The van der Waals surface area contributed by atoms with Crippen molar-refractivity contribution in [1.29, 1.82) is 5.41 Å². The number of rotatable bonds is 7. The lowest BCUT2D eigenvalue weighted by molar-refractivity contribution is 0.178. The molecule has 0 bridgehead atoms. The second kappa shape index (κ2) is 7.08. The van der Waals surface area contributed by atoms with Crippen LogP contribution in [-0.2, 0) is 11.3 Å². The van der Waals surface area contributed by atoms with E-state index in [-0.39, 0.29) is 11.7 Å². The largest absolute Gasteiger partial charge is 0.385 e. The van der Waals surface area contributed by atoms with E-state index in [1.807, 2.05) is 11.9 Å². The molecule has 1 aromatic carbocycles. The Morgan fingerprint density at radius 3 is 2.78 bits per heavy atom. The first-order chi connectivity index (χ1) is 8.54. The summed E-state index contributed by atoms with van der Waals surface area (Å²) >= 11 is 0. The van der Waals surface area contributed by atoms with Crippen LogP contribution in [0.25, 0.3) is 0 Å². The zero-order valence-electron chi connectivity index (χ0n) is 10.9. The van der Waals surface area contributed by atoms with Gasteiger partial charge in [0, 0.05) is 37.9 Å². The van der Waals surface area contributed by atoms with Crippen molar-refractivity contribution in [3.05, 3.63) is 35.1 Å². The third kappa shape index (κ3) is 4.43. The van der Waals surface area contributed by atoms with Gasteiger partial charge in [-0.25, -0.2) is 4.39 Å². The quantitative estimate of drug-likeness (QED) is 0.440. The Morgan fingerprint density at radius 2 is 2.22 bits per heavy atom. The van der Waals surface area contributed by atoms with Crippen molar-refractivity contribution in [2.45, 2.75) is 13.0 Å². The Balaban J connectivity index is 2.59. The van der Waals surface area contributed by atoms with Crippen LogP contribution in [0, 0.1) is 11.2 Å². The SMILES string of the molecule is COCCCN(C)Cc1ccc(C(=N)N)cc1F. The number of halogens is 1. The van der Waals surface area contributed by atoms with Gasteiger partial charge in [-0.3, -0.25) is 5.41 Å². The van der Waals surface area contributed by atoms with Gasteiger partial charge in [0.25, 0.3) is 0 Å². The average Bonchev–Trinajstić information content (AvgIpc) is 2.32. The van der Waals surface area contributed by atoms with Crippen molar-refractivity contribution in [3.8, 4) is 0 Å². The monoisotopic (exact) mass is 253 g/mol. The van der Waals surface area contributed by atoms with Crippen molar-refractivity contribution >= 4 is 5.84 Å². The highest BCUT2D eigenvalue weighted by Crippen LogP contribution is 2.12. The summed E-state index contributed by atoms with van der Waals surface area (Å²) < 4.78 is 18.7. The Labute approximate surface area is 107 Å². The molecule has 0 aliphatic carbocycles. The van der Waals surface area contributed by atoms with E-state index in [1.54, 1.807) is 19.2 Å². The van der Waals surface area contributed by atoms with E-state index in [1.165, 1.54) is 6.07 Å². The average molecular weight is 253 g/mol. The lowest BCUT2D eigenvalue weighted by atomic mass is 10.1. The third-order valence-corrected chi connectivity index (χ3v) is 2.69. The van der Waals surface area contributed by atoms with Crippen LogP contribution in [0.5, 0.6) is 0 Å². The number of ether oxygens (including phenoxy) is 1. The van der Waals surface area contributed by atoms with Crippen molar-refractivity contribution < 1.29 is 9.13 Å². The van der Waals surface area contributed by atoms with Crippen LogP contribution in [-0.4, -0.2) is 38.0 Å². The number of hydrogen-bond acceptors (Lipinski definition) is 3. The maximum atomic E-state index is 13.8. The minimum absolute atomic E-state index is 0.117. The smallest absolute Gasteiger partial charge is 0.128 e. The first kappa shape index (κ1) is 14.6. The van der Waals surface area contributed by atoms with Gasteiger partial charge in [-0.1, -0.05) is 12.1 Å². The minimum atomic E-state index is -0.318. The number of nitrogens with zero attached hydrogens (tertiary/aromatic N) is 1. The number of benzene rings is 1. The summed E-state index contributed by atoms with van der Waals surface area (Å²) in [5.74, 6) is -0.435. The van der Waals surface area contributed by atoms with Gasteiger partial charge in [0.15, 0.2) is 0 Å². The Hall–Kier alpha value is -1.46. The molecule has 0 saturated heterocycles. The van der Waals surface area contributed by atoms with Crippen molar-refractivity contribution in [2.24, 2.45) is 5.73 Å². The molecular weight excluding hydrogens is 233 g/mol. The van der Waals surface area contributed by atoms with Crippen molar-refractivity contribution in [3.63, 3.8) is 0 Å². The molecule has 3 N–H and O–H groups in total. The summed E-state index contributed by atoms with van der Waals surface area (Å²) in [6.07, 6.45) is 0.917. The highest BCUT2D eigenvalue weighted by atomic mass is 19.1. The van der Waals surface area contributed by atoms with Gasteiger partial charge in [0.1, 0.15) is 11.7 Å². The molecule has 1 aromatic rings. The number of methoxy groups -OCH3 is 1. The molecule has 0 aliphatic heterocycles. The van der Waals surface area contributed by atoms with Crippen LogP contribution >= 0.6 is 0 Å². The Bertz CT molecular complexity index is 409. The van der Waals surface area contributed by atoms with Gasteiger partial charge in [0.2, 0.25) is 0 Å². The van der Waals surface area contributed by atoms with Crippen LogP contribution in [0.3, 0.4) is 0 Å². The van der Waals surface area contributed by atoms with Gasteiger partial charge >= 0.3 is 0 Å². The molecule has 18 heavy (non-hydrogen) atoms. The summed E-state index contributed by atoms with van der Waals surface area (Å²) in [4.78, 5) is 2.03. The zero-order valence-corrected chi connectivity index (χ0v) is 10.9. The van der Waals surface area contributed by atoms with E-state index in [9.17, 15) is 4.39 Å². The van der Waals surface area contributed by atoms with Crippen molar-refractivity contribution in [1.82, 2.24) is 4.90 Å². The van der Waals surface area contributed by atoms with E-state index >= 15 is 0 Å². The standard InChI is InChI=1S/C13H20FN3O/c1-17(6-3-7-18-2)9-11-5-4-10(13(15)16)8-12(11)14/h4-5,8H,3,6-7,9H2,1-2H3,(H3,15,16). The molecule has 0 heterocycles. The predicted molar refractivity (Wildman–Crippen MR) is 70.2 cm³/mol. The van der Waals surface area contributed by atoms with E-state index in [0.717, 1.165) is 13.0 Å². The number of nitrogens with one attached hydrogen (secondary N) is 1. The maximum Gasteiger partial charge on any atom is 0.128 e. The fraction of sp³-hybridized carbons (Fsp3) is 0.462. The van der Waals surface area contributed by atoms with E-state index in [2.05, 4.69) is 0 Å². The molecular formula is C13H20FN3O. The highest BCUT2D eigenvalue weighted by Gasteiger charge is 2.07. The fourth-order valence-electron chi connectivity index (χ4n) is 1.69.